The second-order valence-electron chi connectivity index (χ2n) is 3.49. The maximum Gasteiger partial charge on any atom is 0.337 e. The zero-order chi connectivity index (χ0) is 12.8. The van der Waals surface area contributed by atoms with Gasteiger partial charge in [-0.3, -0.25) is 0 Å². The molecule has 0 spiro atoms. The third-order valence-electron chi connectivity index (χ3n) is 2.34. The average Bonchev–Trinajstić information content (AvgIpc) is 2.31. The zero-order valence-corrected chi connectivity index (χ0v) is 10.3. The number of rotatable bonds is 6. The van der Waals surface area contributed by atoms with Crippen LogP contribution < -0.4 is 4.90 Å². The van der Waals surface area contributed by atoms with E-state index in [4.69, 9.17) is 21.8 Å². The van der Waals surface area contributed by atoms with Gasteiger partial charge >= 0.3 is 5.97 Å². The number of anilines is 1. The number of carboxylic acids is 1. The number of hydrogen-bond donors (Lipinski definition) is 2. The van der Waals surface area contributed by atoms with Gasteiger partial charge in [-0.05, 0) is 19.4 Å². The number of aliphatic hydroxyl groups is 1. The van der Waals surface area contributed by atoms with Crippen molar-refractivity contribution < 1.29 is 15.0 Å². The SMILES string of the molecule is CCN(CCCO)c1ncc(C(=O)O)cc1Cl. The molecule has 17 heavy (non-hydrogen) atoms. The van der Waals surface area contributed by atoms with Crippen LogP contribution in [0, 0.1) is 0 Å². The topological polar surface area (TPSA) is 73.7 Å². The van der Waals surface area contributed by atoms with Crippen molar-refractivity contribution in [2.75, 3.05) is 24.6 Å². The monoisotopic (exact) mass is 258 g/mol. The van der Waals surface area contributed by atoms with Gasteiger partial charge in [-0.25, -0.2) is 9.78 Å². The summed E-state index contributed by atoms with van der Waals surface area (Å²) < 4.78 is 0. The van der Waals surface area contributed by atoms with Crippen LogP contribution in [0.1, 0.15) is 23.7 Å². The van der Waals surface area contributed by atoms with E-state index >= 15 is 0 Å². The number of halogens is 1. The number of nitrogens with zero attached hydrogens (tertiary/aromatic N) is 2. The van der Waals surface area contributed by atoms with Gasteiger partial charge in [0.2, 0.25) is 0 Å². The van der Waals surface area contributed by atoms with Crippen LogP contribution in [0.2, 0.25) is 5.02 Å². The normalized spacial score (nSPS) is 10.3. The number of aliphatic hydroxyl groups excluding tert-OH is 1. The predicted molar refractivity (Wildman–Crippen MR) is 65.8 cm³/mol. The molecule has 1 heterocycles. The molecule has 0 saturated heterocycles. The fraction of sp³-hybridized carbons (Fsp3) is 0.455. The average molecular weight is 259 g/mol. The highest BCUT2D eigenvalue weighted by Crippen LogP contribution is 2.24. The lowest BCUT2D eigenvalue weighted by atomic mass is 10.2. The molecule has 1 aromatic rings. The summed E-state index contributed by atoms with van der Waals surface area (Å²) in [5, 5.41) is 17.9. The summed E-state index contributed by atoms with van der Waals surface area (Å²) in [6, 6.07) is 1.38. The summed E-state index contributed by atoms with van der Waals surface area (Å²) in [7, 11) is 0. The molecular weight excluding hydrogens is 244 g/mol. The zero-order valence-electron chi connectivity index (χ0n) is 9.56. The first kappa shape index (κ1) is 13.7. The Morgan fingerprint density at radius 1 is 1.59 bits per heavy atom. The van der Waals surface area contributed by atoms with Crippen molar-refractivity contribution in [3.8, 4) is 0 Å². The number of carboxylic acid groups (broad SMARTS) is 1. The largest absolute Gasteiger partial charge is 0.478 e. The Labute approximate surface area is 105 Å². The van der Waals surface area contributed by atoms with E-state index in [0.717, 1.165) is 0 Å². The molecule has 0 amide bonds. The molecule has 0 fully saturated rings. The van der Waals surface area contributed by atoms with Gasteiger partial charge in [0.25, 0.3) is 0 Å². The number of aromatic nitrogens is 1. The Kier molecular flexibility index (Phi) is 5.18. The van der Waals surface area contributed by atoms with E-state index in [1.807, 2.05) is 11.8 Å². The van der Waals surface area contributed by atoms with Crippen molar-refractivity contribution in [3.05, 3.63) is 22.8 Å². The van der Waals surface area contributed by atoms with E-state index in [1.54, 1.807) is 0 Å². The Morgan fingerprint density at radius 3 is 2.76 bits per heavy atom. The molecule has 94 valence electrons. The minimum absolute atomic E-state index is 0.0666. The summed E-state index contributed by atoms with van der Waals surface area (Å²) in [6.45, 7) is 3.37. The van der Waals surface area contributed by atoms with Gasteiger partial charge in [-0.1, -0.05) is 11.6 Å². The Balaban J connectivity index is 2.92. The summed E-state index contributed by atoms with van der Waals surface area (Å²) in [6.07, 6.45) is 1.90. The molecule has 0 aliphatic rings. The fourth-order valence-corrected chi connectivity index (χ4v) is 1.74. The smallest absolute Gasteiger partial charge is 0.337 e. The fourth-order valence-electron chi connectivity index (χ4n) is 1.46. The molecule has 2 N–H and O–H groups in total. The number of hydrogen-bond acceptors (Lipinski definition) is 4. The van der Waals surface area contributed by atoms with Crippen molar-refractivity contribution in [1.82, 2.24) is 4.98 Å². The van der Waals surface area contributed by atoms with Crippen molar-refractivity contribution in [3.63, 3.8) is 0 Å². The van der Waals surface area contributed by atoms with Crippen LogP contribution in [-0.2, 0) is 0 Å². The number of carbonyl (C=O) groups is 1. The Hall–Kier alpha value is -1.33. The summed E-state index contributed by atoms with van der Waals surface area (Å²) in [5.74, 6) is -0.503. The van der Waals surface area contributed by atoms with Gasteiger partial charge in [-0.2, -0.15) is 0 Å². The van der Waals surface area contributed by atoms with Crippen molar-refractivity contribution >= 4 is 23.4 Å². The van der Waals surface area contributed by atoms with Crippen LogP contribution in [0.4, 0.5) is 5.82 Å². The summed E-state index contributed by atoms with van der Waals surface area (Å²) in [4.78, 5) is 16.7. The van der Waals surface area contributed by atoms with Crippen LogP contribution in [-0.4, -0.2) is 40.9 Å². The van der Waals surface area contributed by atoms with Crippen LogP contribution in [0.15, 0.2) is 12.3 Å². The molecule has 0 aliphatic carbocycles. The molecule has 0 aromatic carbocycles. The lowest BCUT2D eigenvalue weighted by Gasteiger charge is -2.22. The van der Waals surface area contributed by atoms with Gasteiger partial charge in [-0.15, -0.1) is 0 Å². The highest BCUT2D eigenvalue weighted by atomic mass is 35.5. The van der Waals surface area contributed by atoms with E-state index in [9.17, 15) is 4.79 Å². The maximum atomic E-state index is 10.7. The third-order valence-corrected chi connectivity index (χ3v) is 2.61. The standard InChI is InChI=1S/C11H15ClN2O3/c1-2-14(4-3-5-15)10-9(12)6-8(7-13-10)11(16)17/h6-7,15H,2-5H2,1H3,(H,16,17). The van der Waals surface area contributed by atoms with Crippen molar-refractivity contribution in [2.45, 2.75) is 13.3 Å². The van der Waals surface area contributed by atoms with E-state index in [1.165, 1.54) is 12.3 Å². The molecule has 0 atom stereocenters. The molecule has 0 unspecified atom stereocenters. The highest BCUT2D eigenvalue weighted by Gasteiger charge is 2.13. The summed E-state index contributed by atoms with van der Waals surface area (Å²) >= 11 is 6.00. The quantitative estimate of drug-likeness (QED) is 0.812. The molecule has 1 aromatic heterocycles. The molecular formula is C11H15ClN2O3. The first-order chi connectivity index (χ1) is 8.10. The van der Waals surface area contributed by atoms with E-state index in [2.05, 4.69) is 4.98 Å². The minimum Gasteiger partial charge on any atom is -0.478 e. The third kappa shape index (κ3) is 3.57. The van der Waals surface area contributed by atoms with Gasteiger partial charge < -0.3 is 15.1 Å². The van der Waals surface area contributed by atoms with Gasteiger partial charge in [0.05, 0.1) is 10.6 Å². The molecule has 0 bridgehead atoms. The van der Waals surface area contributed by atoms with E-state index in [-0.39, 0.29) is 12.2 Å². The van der Waals surface area contributed by atoms with Gasteiger partial charge in [0, 0.05) is 25.9 Å². The minimum atomic E-state index is -1.05. The lowest BCUT2D eigenvalue weighted by molar-refractivity contribution is 0.0696. The first-order valence-electron chi connectivity index (χ1n) is 5.34. The van der Waals surface area contributed by atoms with Crippen molar-refractivity contribution in [2.24, 2.45) is 0 Å². The Bertz CT molecular complexity index is 398. The molecule has 6 heteroatoms. The Morgan fingerprint density at radius 2 is 2.29 bits per heavy atom. The maximum absolute atomic E-state index is 10.7. The lowest BCUT2D eigenvalue weighted by Crippen LogP contribution is -2.26. The summed E-state index contributed by atoms with van der Waals surface area (Å²) in [5.41, 5.74) is 0.0666. The number of pyridine rings is 1. The van der Waals surface area contributed by atoms with Gasteiger partial charge in [0.15, 0.2) is 0 Å². The predicted octanol–water partition coefficient (Wildman–Crippen LogP) is 1.64. The van der Waals surface area contributed by atoms with Crippen LogP contribution in [0.25, 0.3) is 0 Å². The second kappa shape index (κ2) is 6.42. The van der Waals surface area contributed by atoms with Crippen LogP contribution in [0.3, 0.4) is 0 Å². The van der Waals surface area contributed by atoms with Crippen molar-refractivity contribution in [1.29, 1.82) is 0 Å². The van der Waals surface area contributed by atoms with E-state index < -0.39 is 5.97 Å². The number of aromatic carboxylic acids is 1. The van der Waals surface area contributed by atoms with Crippen LogP contribution in [0.5, 0.6) is 0 Å². The molecule has 0 aliphatic heterocycles. The molecule has 0 radical (unpaired) electrons. The van der Waals surface area contributed by atoms with E-state index in [0.29, 0.717) is 30.4 Å². The molecule has 5 nitrogen and oxygen atoms in total. The molecule has 0 saturated carbocycles. The second-order valence-corrected chi connectivity index (χ2v) is 3.90. The first-order valence-corrected chi connectivity index (χ1v) is 5.72. The van der Waals surface area contributed by atoms with Crippen LogP contribution >= 0.6 is 11.6 Å². The highest BCUT2D eigenvalue weighted by molar-refractivity contribution is 6.33. The van der Waals surface area contributed by atoms with Gasteiger partial charge in [0.1, 0.15) is 5.82 Å². The molecule has 1 rings (SSSR count).